The molecule has 0 aliphatic heterocycles. The zero-order chi connectivity index (χ0) is 87.2. The van der Waals surface area contributed by atoms with E-state index in [4.69, 9.17) is 26.3 Å². The zero-order valence-corrected chi connectivity index (χ0v) is 71.7. The number of nitrogens with one attached hydrogen (secondary N) is 5. The fourth-order valence-corrected chi connectivity index (χ4v) is 16.6. The summed E-state index contributed by atoms with van der Waals surface area (Å²) in [5, 5.41) is 23.9. The normalized spacial score (nSPS) is 18.7. The molecule has 0 atom stereocenters. The average molecular weight is 1700 g/mol. The molecule has 2 aromatic carbocycles. The van der Waals surface area contributed by atoms with Crippen LogP contribution in [0.4, 0.5) is 47.3 Å². The van der Waals surface area contributed by atoms with Gasteiger partial charge in [0.05, 0.1) is 38.0 Å². The summed E-state index contributed by atoms with van der Waals surface area (Å²) in [5.74, 6) is 1.27. The molecule has 0 radical (unpaired) electrons. The van der Waals surface area contributed by atoms with Gasteiger partial charge in [-0.1, -0.05) is 23.7 Å². The number of alkyl halides is 2. The van der Waals surface area contributed by atoms with Crippen LogP contribution in [0.25, 0.3) is 55.8 Å². The number of fused-ring (bicyclic) bond motifs is 5. The second kappa shape index (κ2) is 37.6. The number of methoxy groups -OCH3 is 2. The Morgan fingerprint density at radius 1 is 0.496 bits per heavy atom. The standard InChI is InChI=1S/C19H19FN4O.C18H18ClFN4O2.C18H20FN5O.C18H23FN4O.C17H24N4O2/c1-12-8-13(10-14(20)9-12)11-17(25)23-19-22-16-6-3-7-21-18(16)24(19)15-4-2-5-15;1-11-7-12(9-13(20)8-11)10-16(25)23-18-21-14-3-4-15(19)22-17(14)24(18)5-6-26-2;1-18(19)8-11(9-18)7-15(25)23-17-22-14-6-5-12(10-20)21-16(14)24(17)13-3-2-4-13;1-11-6-7-14-16(20-11)23(13-4-3-5-13)17(21-14)22-15(24)8-12-9-18(2,19)10-12;1-11-8-9-13-15(18-11)21(12-6-5-7-12)16(19-13)20-14(22)10-17(2,3)23-4/h3,6-10,15H,2,4-5,11H2,1H3,(H,22,23,25);3-4,7-9H,5-6,10H2,1-2H3,(H,21,23,25);5-6,11,13H,2-4,7-9H2,1H3,(H,22,23,25);6-7,12-13H,3-5,8-10H2,1-2H3,(H,21,22,24);8-9,12H,5-7,10H2,1-4H3,(H,19,20,22). The number of rotatable bonds is 23. The maximum Gasteiger partial charge on any atom is 0.231 e. The summed E-state index contributed by atoms with van der Waals surface area (Å²) in [4.78, 5) is 107. The van der Waals surface area contributed by atoms with Crippen molar-refractivity contribution in [2.45, 2.75) is 238 Å². The first-order valence-corrected chi connectivity index (χ1v) is 42.5. The summed E-state index contributed by atoms with van der Waals surface area (Å²) in [6.45, 7) is 15.4. The van der Waals surface area contributed by atoms with Crippen molar-refractivity contribution >= 4 is 127 Å². The number of anilines is 5. The van der Waals surface area contributed by atoms with Crippen LogP contribution < -0.4 is 26.6 Å². The van der Waals surface area contributed by atoms with Crippen molar-refractivity contribution in [3.63, 3.8) is 0 Å². The number of carbonyl (C=O) groups is 5. The summed E-state index contributed by atoms with van der Waals surface area (Å²) < 4.78 is 74.5. The van der Waals surface area contributed by atoms with E-state index in [2.05, 4.69) is 85.6 Å². The second-order valence-corrected chi connectivity index (χ2v) is 34.9. The van der Waals surface area contributed by atoms with Crippen LogP contribution in [0.5, 0.6) is 0 Å². The van der Waals surface area contributed by atoms with Crippen LogP contribution in [0.15, 0.2) is 103 Å². The quantitative estimate of drug-likeness (QED) is 0.0293. The van der Waals surface area contributed by atoms with Gasteiger partial charge in [0.25, 0.3) is 0 Å². The first-order chi connectivity index (χ1) is 58.8. The molecule has 10 heterocycles. The first kappa shape index (κ1) is 87.6. The number of benzene rings is 2. The molecule has 6 fully saturated rings. The molecule has 12 aromatic rings. The Bertz CT molecular complexity index is 5920. The molecule has 0 unspecified atom stereocenters. The van der Waals surface area contributed by atoms with E-state index in [1.165, 1.54) is 43.5 Å². The molecule has 6 saturated carbocycles. The molecule has 5 amide bonds. The predicted molar refractivity (Wildman–Crippen MR) is 463 cm³/mol. The number of ether oxygens (including phenoxy) is 2. The van der Waals surface area contributed by atoms with Gasteiger partial charge < -0.3 is 9.47 Å². The van der Waals surface area contributed by atoms with Crippen molar-refractivity contribution in [3.8, 4) is 6.07 Å². The fraction of sp³-hybridized carbons (Fsp3) is 0.467. The lowest BCUT2D eigenvalue weighted by molar-refractivity contribution is -0.121. The van der Waals surface area contributed by atoms with Crippen molar-refractivity contribution in [2.75, 3.05) is 47.4 Å². The van der Waals surface area contributed by atoms with Crippen molar-refractivity contribution in [3.05, 3.63) is 159 Å². The summed E-state index contributed by atoms with van der Waals surface area (Å²) in [7, 11) is 3.20. The molecule has 123 heavy (non-hydrogen) atoms. The third kappa shape index (κ3) is 21.5. The van der Waals surface area contributed by atoms with Crippen molar-refractivity contribution in [2.24, 2.45) is 11.8 Å². The predicted octanol–water partition coefficient (Wildman–Crippen LogP) is 17.8. The van der Waals surface area contributed by atoms with Gasteiger partial charge >= 0.3 is 0 Å². The maximum absolute atomic E-state index is 13.6. The molecule has 0 saturated heterocycles. The molecule has 6 aliphatic carbocycles. The summed E-state index contributed by atoms with van der Waals surface area (Å²) >= 11 is 5.97. The van der Waals surface area contributed by atoms with E-state index in [-0.39, 0.29) is 78.3 Å². The smallest absolute Gasteiger partial charge is 0.231 e. The zero-order valence-electron chi connectivity index (χ0n) is 70.9. The van der Waals surface area contributed by atoms with Crippen molar-refractivity contribution in [1.29, 1.82) is 5.26 Å². The Balaban J connectivity index is 0.000000125. The highest BCUT2D eigenvalue weighted by Crippen LogP contribution is 2.46. The van der Waals surface area contributed by atoms with Crippen LogP contribution in [0.2, 0.25) is 5.15 Å². The second-order valence-electron chi connectivity index (χ2n) is 34.5. The van der Waals surface area contributed by atoms with Gasteiger partial charge in [0, 0.05) is 68.8 Å². The number of aromatic nitrogens is 15. The van der Waals surface area contributed by atoms with E-state index >= 15 is 0 Å². The van der Waals surface area contributed by atoms with E-state index in [9.17, 15) is 41.5 Å². The fourth-order valence-electron chi connectivity index (χ4n) is 16.5. The molecular formula is C90H104ClF4N21O7. The average Bonchev–Trinajstić information content (AvgIpc) is 1.92. The van der Waals surface area contributed by atoms with Gasteiger partial charge in [-0.3, -0.25) is 73.4 Å². The van der Waals surface area contributed by atoms with Crippen molar-refractivity contribution in [1.82, 2.24) is 72.7 Å². The number of nitrogens with zero attached hydrogens (tertiary/aromatic N) is 16. The van der Waals surface area contributed by atoms with Crippen LogP contribution in [0, 0.1) is 62.5 Å². The van der Waals surface area contributed by atoms with Gasteiger partial charge in [-0.15, -0.1) is 0 Å². The Kier molecular flexibility index (Phi) is 26.8. The van der Waals surface area contributed by atoms with Gasteiger partial charge in [0.15, 0.2) is 28.2 Å². The van der Waals surface area contributed by atoms with Crippen LogP contribution in [-0.4, -0.2) is 140 Å². The largest absolute Gasteiger partial charge is 0.383 e. The van der Waals surface area contributed by atoms with Gasteiger partial charge in [0.1, 0.15) is 67.5 Å². The molecular weight excluding hydrogens is 1600 g/mol. The number of pyridine rings is 5. The summed E-state index contributed by atoms with van der Waals surface area (Å²) in [6.07, 6.45) is 17.9. The molecule has 10 aromatic heterocycles. The monoisotopic (exact) mass is 1700 g/mol. The number of nitriles is 1. The lowest BCUT2D eigenvalue weighted by Crippen LogP contribution is -2.38. The van der Waals surface area contributed by atoms with Crippen LogP contribution in [0.3, 0.4) is 0 Å². The molecule has 0 spiro atoms. The molecule has 5 N–H and O–H groups in total. The van der Waals surface area contributed by atoms with Crippen molar-refractivity contribution < 1.29 is 51.0 Å². The Labute approximate surface area is 714 Å². The number of imidazole rings is 5. The third-order valence-electron chi connectivity index (χ3n) is 23.4. The van der Waals surface area contributed by atoms with Crippen LogP contribution in [-0.2, 0) is 52.8 Å². The highest BCUT2D eigenvalue weighted by atomic mass is 35.5. The van der Waals surface area contributed by atoms with E-state index in [0.29, 0.717) is 144 Å². The Morgan fingerprint density at radius 3 is 1.30 bits per heavy atom. The number of aryl methyl sites for hydroxylation is 4. The highest BCUT2D eigenvalue weighted by Gasteiger charge is 2.43. The minimum Gasteiger partial charge on any atom is -0.383 e. The summed E-state index contributed by atoms with van der Waals surface area (Å²) in [5.41, 5.74) is 9.71. The third-order valence-corrected chi connectivity index (χ3v) is 23.6. The van der Waals surface area contributed by atoms with Gasteiger partial charge in [-0.2, -0.15) is 5.26 Å². The molecule has 646 valence electrons. The lowest BCUT2D eigenvalue weighted by atomic mass is 9.72. The number of carbonyl (C=O) groups excluding carboxylic acids is 5. The maximum atomic E-state index is 13.6. The Morgan fingerprint density at radius 2 is 0.886 bits per heavy atom. The van der Waals surface area contributed by atoms with E-state index in [1.807, 2.05) is 92.3 Å². The topological polar surface area (TPSA) is 341 Å². The Hall–Kier alpha value is -11.7. The SMILES string of the molecule is CC1(F)CC(CC(=O)Nc2nc3ccc(C#N)nc3n2C2CCC2)C1.COC(C)(C)CC(=O)Nc1nc2ccc(C)nc2n1C1CCC1.COCCn1c(NC(=O)Cc2cc(C)cc(F)c2)nc2ccc(Cl)nc21.Cc1cc(F)cc(CC(=O)Nc2nc3cccnc3n2C2CCC2)c1.Cc1ccc2nc(NC(=O)CC3CC(C)(F)C3)n(C3CCC3)c2n1. The van der Waals surface area contributed by atoms with Gasteiger partial charge in [-0.25, -0.2) is 67.4 Å². The van der Waals surface area contributed by atoms with E-state index < -0.39 is 16.9 Å². The van der Waals surface area contributed by atoms with Gasteiger partial charge in [0.2, 0.25) is 59.3 Å². The number of amides is 5. The number of halogens is 5. The molecule has 28 nitrogen and oxygen atoms in total. The van der Waals surface area contributed by atoms with Gasteiger partial charge in [-0.05, 0) is 277 Å². The van der Waals surface area contributed by atoms with Crippen LogP contribution >= 0.6 is 11.6 Å². The molecule has 0 bridgehead atoms. The molecule has 18 rings (SSSR count). The van der Waals surface area contributed by atoms with Crippen LogP contribution in [0.1, 0.15) is 213 Å². The lowest BCUT2D eigenvalue weighted by Gasteiger charge is -2.38. The minimum atomic E-state index is -1.12. The first-order valence-electron chi connectivity index (χ1n) is 42.1. The minimum absolute atomic E-state index is 0.0419. The summed E-state index contributed by atoms with van der Waals surface area (Å²) in [6, 6.07) is 30.8. The highest BCUT2D eigenvalue weighted by molar-refractivity contribution is 6.29. The molecule has 6 aliphatic rings. The number of hydrogen-bond acceptors (Lipinski definition) is 18. The molecule has 33 heteroatoms. The number of hydrogen-bond donors (Lipinski definition) is 5. The van der Waals surface area contributed by atoms with E-state index in [1.54, 1.807) is 76.1 Å². The van der Waals surface area contributed by atoms with E-state index in [0.717, 1.165) is 114 Å².